The van der Waals surface area contributed by atoms with Gasteiger partial charge in [-0.3, -0.25) is 4.79 Å². The lowest BCUT2D eigenvalue weighted by molar-refractivity contribution is -0.119. The van der Waals surface area contributed by atoms with E-state index in [1.165, 1.54) is 0 Å². The van der Waals surface area contributed by atoms with Gasteiger partial charge in [0.15, 0.2) is 0 Å². The molecular weight excluding hydrogens is 264 g/mol. The first-order chi connectivity index (χ1) is 10.2. The van der Waals surface area contributed by atoms with Crippen LogP contribution in [0.1, 0.15) is 24.5 Å². The maximum absolute atomic E-state index is 11.7. The summed E-state index contributed by atoms with van der Waals surface area (Å²) in [5, 5.41) is 0. The minimum atomic E-state index is -0.0804. The molecule has 0 fully saturated rings. The molecule has 3 nitrogen and oxygen atoms in total. The third-order valence-corrected chi connectivity index (χ3v) is 3.52. The molecule has 0 unspecified atom stereocenters. The van der Waals surface area contributed by atoms with Crippen molar-refractivity contribution in [2.75, 3.05) is 0 Å². The van der Waals surface area contributed by atoms with Gasteiger partial charge in [-0.15, -0.1) is 0 Å². The number of carbonyl (C=O) groups excluding carboxylic acids is 1. The molecule has 21 heavy (non-hydrogen) atoms. The maximum Gasteiger partial charge on any atom is 0.141 e. The molecule has 0 N–H and O–H groups in total. The van der Waals surface area contributed by atoms with Gasteiger partial charge in [0.2, 0.25) is 0 Å². The summed E-state index contributed by atoms with van der Waals surface area (Å²) in [5.74, 6) is 1.75. The fraction of sp³-hybridized carbons (Fsp3) is 0.278. The highest BCUT2D eigenvalue weighted by molar-refractivity contribution is 5.82. The summed E-state index contributed by atoms with van der Waals surface area (Å²) in [6.07, 6.45) is 0.830. The Morgan fingerprint density at radius 3 is 2.81 bits per heavy atom. The van der Waals surface area contributed by atoms with Crippen LogP contribution in [0, 0.1) is 0 Å². The number of hydrogen-bond donors (Lipinski definition) is 0. The summed E-state index contributed by atoms with van der Waals surface area (Å²) >= 11 is 0. The van der Waals surface area contributed by atoms with E-state index in [2.05, 4.69) is 0 Å². The molecule has 0 aliphatic carbocycles. The van der Waals surface area contributed by atoms with Crippen molar-refractivity contribution in [2.24, 2.45) is 0 Å². The summed E-state index contributed by atoms with van der Waals surface area (Å²) in [6, 6.07) is 15.7. The number of carbonyl (C=O) groups is 1. The number of benzene rings is 2. The second kappa shape index (κ2) is 6.00. The molecule has 0 radical (unpaired) electrons. The van der Waals surface area contributed by atoms with E-state index in [-0.39, 0.29) is 11.9 Å². The quantitative estimate of drug-likeness (QED) is 0.863. The summed E-state index contributed by atoms with van der Waals surface area (Å²) < 4.78 is 11.6. The Balaban J connectivity index is 1.75. The zero-order valence-electron chi connectivity index (χ0n) is 12.0. The van der Waals surface area contributed by atoms with E-state index in [0.29, 0.717) is 19.4 Å². The van der Waals surface area contributed by atoms with E-state index in [1.807, 2.05) is 55.5 Å². The number of rotatable bonds is 3. The van der Waals surface area contributed by atoms with Crippen LogP contribution in [0.5, 0.6) is 11.5 Å². The highest BCUT2D eigenvalue weighted by Crippen LogP contribution is 2.29. The first-order valence-electron chi connectivity index (χ1n) is 7.19. The molecule has 0 aromatic heterocycles. The van der Waals surface area contributed by atoms with E-state index in [4.69, 9.17) is 9.47 Å². The van der Waals surface area contributed by atoms with Gasteiger partial charge in [-0.25, -0.2) is 0 Å². The van der Waals surface area contributed by atoms with E-state index >= 15 is 0 Å². The fourth-order valence-corrected chi connectivity index (χ4v) is 2.48. The molecule has 108 valence electrons. The van der Waals surface area contributed by atoms with Crippen molar-refractivity contribution in [3.63, 3.8) is 0 Å². The summed E-state index contributed by atoms with van der Waals surface area (Å²) in [5.41, 5.74) is 2.06. The van der Waals surface area contributed by atoms with Crippen molar-refractivity contribution in [1.82, 2.24) is 0 Å². The Hall–Kier alpha value is -2.29. The molecule has 3 rings (SSSR count). The maximum atomic E-state index is 11.7. The molecule has 0 saturated carbocycles. The fourth-order valence-electron chi connectivity index (χ4n) is 2.48. The number of hydrogen-bond acceptors (Lipinski definition) is 3. The molecule has 1 aliphatic rings. The minimum Gasteiger partial charge on any atom is -0.490 e. The van der Waals surface area contributed by atoms with Gasteiger partial charge in [0.05, 0.1) is 0 Å². The van der Waals surface area contributed by atoms with E-state index < -0.39 is 0 Å². The molecule has 3 heteroatoms. The van der Waals surface area contributed by atoms with E-state index in [9.17, 15) is 4.79 Å². The third kappa shape index (κ3) is 3.43. The zero-order valence-corrected chi connectivity index (χ0v) is 12.0. The molecule has 2 aromatic carbocycles. The van der Waals surface area contributed by atoms with Gasteiger partial charge in [0, 0.05) is 24.5 Å². The molecule has 0 amide bonds. The molecule has 0 bridgehead atoms. The first-order valence-corrected chi connectivity index (χ1v) is 7.19. The van der Waals surface area contributed by atoms with Gasteiger partial charge in [-0.05, 0) is 18.6 Å². The SMILES string of the molecule is C[C@@H]1CC(=O)Cc2ccc(OCc3ccccc3)cc2O1. The average molecular weight is 282 g/mol. The van der Waals surface area contributed by atoms with E-state index in [0.717, 1.165) is 22.6 Å². The predicted octanol–water partition coefficient (Wildman–Crippen LogP) is 3.55. The van der Waals surface area contributed by atoms with Gasteiger partial charge < -0.3 is 9.47 Å². The minimum absolute atomic E-state index is 0.0804. The average Bonchev–Trinajstić information content (AvgIpc) is 2.62. The van der Waals surface area contributed by atoms with Crippen molar-refractivity contribution in [2.45, 2.75) is 32.5 Å². The van der Waals surface area contributed by atoms with Gasteiger partial charge in [0.25, 0.3) is 0 Å². The van der Waals surface area contributed by atoms with Gasteiger partial charge in [-0.2, -0.15) is 0 Å². The Morgan fingerprint density at radius 2 is 2.00 bits per heavy atom. The largest absolute Gasteiger partial charge is 0.490 e. The highest BCUT2D eigenvalue weighted by atomic mass is 16.5. The third-order valence-electron chi connectivity index (χ3n) is 3.52. The van der Waals surface area contributed by atoms with Crippen LogP contribution in [0.2, 0.25) is 0 Å². The molecule has 0 spiro atoms. The number of fused-ring (bicyclic) bond motifs is 1. The summed E-state index contributed by atoms with van der Waals surface area (Å²) in [7, 11) is 0. The molecule has 0 saturated heterocycles. The van der Waals surface area contributed by atoms with Crippen molar-refractivity contribution < 1.29 is 14.3 Å². The van der Waals surface area contributed by atoms with Gasteiger partial charge in [0.1, 0.15) is 30.0 Å². The lowest BCUT2D eigenvalue weighted by Crippen LogP contribution is -2.14. The van der Waals surface area contributed by atoms with Crippen molar-refractivity contribution in [1.29, 1.82) is 0 Å². The molecular formula is C18H18O3. The van der Waals surface area contributed by atoms with Crippen molar-refractivity contribution in [3.8, 4) is 11.5 Å². The van der Waals surface area contributed by atoms with Crippen LogP contribution in [-0.2, 0) is 17.8 Å². The normalized spacial score (nSPS) is 17.6. The number of ketones is 1. The Kier molecular flexibility index (Phi) is 3.91. The smallest absolute Gasteiger partial charge is 0.141 e. The van der Waals surface area contributed by atoms with Crippen LogP contribution >= 0.6 is 0 Å². The number of ether oxygens (including phenoxy) is 2. The molecule has 1 atom stereocenters. The Morgan fingerprint density at radius 1 is 1.19 bits per heavy atom. The lowest BCUT2D eigenvalue weighted by Gasteiger charge is -2.14. The van der Waals surface area contributed by atoms with Gasteiger partial charge in [-0.1, -0.05) is 36.4 Å². The molecule has 2 aromatic rings. The zero-order chi connectivity index (χ0) is 14.7. The van der Waals surface area contributed by atoms with Crippen LogP contribution in [0.25, 0.3) is 0 Å². The monoisotopic (exact) mass is 282 g/mol. The number of Topliss-reactive ketones (excluding diaryl/α,β-unsaturated/α-hetero) is 1. The second-order valence-electron chi connectivity index (χ2n) is 5.39. The van der Waals surface area contributed by atoms with Crippen LogP contribution in [0.3, 0.4) is 0 Å². The topological polar surface area (TPSA) is 35.5 Å². The predicted molar refractivity (Wildman–Crippen MR) is 80.6 cm³/mol. The molecule has 1 heterocycles. The Labute approximate surface area is 124 Å². The second-order valence-corrected chi connectivity index (χ2v) is 5.39. The van der Waals surface area contributed by atoms with Crippen LogP contribution in [0.15, 0.2) is 48.5 Å². The van der Waals surface area contributed by atoms with Crippen molar-refractivity contribution >= 4 is 5.78 Å². The van der Waals surface area contributed by atoms with Gasteiger partial charge >= 0.3 is 0 Å². The molecule has 1 aliphatic heterocycles. The van der Waals surface area contributed by atoms with Crippen LogP contribution < -0.4 is 9.47 Å². The lowest BCUT2D eigenvalue weighted by atomic mass is 10.1. The van der Waals surface area contributed by atoms with Crippen LogP contribution in [0.4, 0.5) is 0 Å². The van der Waals surface area contributed by atoms with Crippen LogP contribution in [-0.4, -0.2) is 11.9 Å². The van der Waals surface area contributed by atoms with Crippen molar-refractivity contribution in [3.05, 3.63) is 59.7 Å². The van der Waals surface area contributed by atoms with E-state index in [1.54, 1.807) is 0 Å². The summed E-state index contributed by atoms with van der Waals surface area (Å²) in [6.45, 7) is 2.44. The first kappa shape index (κ1) is 13.7. The summed E-state index contributed by atoms with van der Waals surface area (Å²) in [4.78, 5) is 11.7. The Bertz CT molecular complexity index is 634. The standard InChI is InChI=1S/C18H18O3/c1-13-9-16(19)10-15-7-8-17(11-18(15)21-13)20-12-14-5-3-2-4-6-14/h2-8,11,13H,9-10,12H2,1H3/t13-/m1/s1. The highest BCUT2D eigenvalue weighted by Gasteiger charge is 2.20.